The van der Waals surface area contributed by atoms with Gasteiger partial charge in [0.25, 0.3) is 11.8 Å². The smallest absolute Gasteiger partial charge is 0.335 e. The second-order valence-corrected chi connectivity index (χ2v) is 8.96. The number of hydrogen-bond donors (Lipinski definition) is 1. The molecule has 2 aliphatic heterocycles. The SMILES string of the molecule is CCN1c2cc(Cl)c(/C=C3/C(=O)NC(=O)N(c4cccc(F)c4)C3=O)cc2C(C)=CC1(C)C. The number of amides is 4. The molecule has 4 rings (SSSR count). The third kappa shape index (κ3) is 3.93. The number of nitrogens with one attached hydrogen (secondary N) is 1. The molecule has 0 atom stereocenters. The average Bonchev–Trinajstić information content (AvgIpc) is 2.71. The van der Waals surface area contributed by atoms with Gasteiger partial charge >= 0.3 is 6.03 Å². The molecule has 1 saturated heterocycles. The summed E-state index contributed by atoms with van der Waals surface area (Å²) < 4.78 is 13.7. The van der Waals surface area contributed by atoms with E-state index in [1.165, 1.54) is 24.3 Å². The minimum Gasteiger partial charge on any atom is -0.363 e. The number of carbonyl (C=O) groups excluding carboxylic acids is 3. The number of benzene rings is 2. The first-order valence-corrected chi connectivity index (χ1v) is 10.9. The van der Waals surface area contributed by atoms with Gasteiger partial charge in [-0.1, -0.05) is 23.7 Å². The Balaban J connectivity index is 1.80. The molecule has 2 aromatic carbocycles. The molecule has 2 aromatic rings. The van der Waals surface area contributed by atoms with Gasteiger partial charge in [-0.15, -0.1) is 0 Å². The van der Waals surface area contributed by atoms with E-state index in [2.05, 4.69) is 37.1 Å². The minimum absolute atomic E-state index is 0.0204. The van der Waals surface area contributed by atoms with Crippen LogP contribution in [0.4, 0.5) is 20.6 Å². The van der Waals surface area contributed by atoms with Gasteiger partial charge in [0.05, 0.1) is 11.2 Å². The fraction of sp³-hybridized carbons (Fsp3) is 0.240. The van der Waals surface area contributed by atoms with Crippen LogP contribution in [0.25, 0.3) is 11.6 Å². The van der Waals surface area contributed by atoms with Crippen molar-refractivity contribution in [1.82, 2.24) is 5.32 Å². The van der Waals surface area contributed by atoms with E-state index in [1.54, 1.807) is 0 Å². The van der Waals surface area contributed by atoms with E-state index in [4.69, 9.17) is 11.6 Å². The van der Waals surface area contributed by atoms with Gasteiger partial charge in [0.1, 0.15) is 11.4 Å². The predicted octanol–water partition coefficient (Wildman–Crippen LogP) is 5.17. The summed E-state index contributed by atoms with van der Waals surface area (Å²) in [6.07, 6.45) is 3.52. The maximum atomic E-state index is 13.7. The van der Waals surface area contributed by atoms with Crippen LogP contribution in [-0.4, -0.2) is 29.9 Å². The van der Waals surface area contributed by atoms with Crippen molar-refractivity contribution in [3.63, 3.8) is 0 Å². The van der Waals surface area contributed by atoms with Gasteiger partial charge in [0.15, 0.2) is 0 Å². The molecule has 0 unspecified atom stereocenters. The first-order chi connectivity index (χ1) is 15.5. The summed E-state index contributed by atoms with van der Waals surface area (Å²) in [5.74, 6) is -2.30. The van der Waals surface area contributed by atoms with E-state index in [-0.39, 0.29) is 16.8 Å². The molecule has 0 saturated carbocycles. The second kappa shape index (κ2) is 8.15. The molecule has 2 heterocycles. The van der Waals surface area contributed by atoms with Crippen molar-refractivity contribution in [2.24, 2.45) is 0 Å². The number of urea groups is 1. The van der Waals surface area contributed by atoms with Gasteiger partial charge < -0.3 is 4.90 Å². The van der Waals surface area contributed by atoms with Crippen molar-refractivity contribution in [3.8, 4) is 0 Å². The van der Waals surface area contributed by atoms with Crippen molar-refractivity contribution < 1.29 is 18.8 Å². The minimum atomic E-state index is -0.941. The highest BCUT2D eigenvalue weighted by Gasteiger charge is 2.37. The van der Waals surface area contributed by atoms with Crippen LogP contribution in [-0.2, 0) is 9.59 Å². The van der Waals surface area contributed by atoms with Crippen molar-refractivity contribution >= 4 is 52.5 Å². The van der Waals surface area contributed by atoms with Crippen LogP contribution in [0.1, 0.15) is 38.8 Å². The molecule has 170 valence electrons. The molecule has 1 fully saturated rings. The standard InChI is InChI=1S/C25H23ClFN3O3/c1-5-29-21-12-20(26)15(9-18(21)14(2)13-25(29,3)4)10-19-22(31)28-24(33)30(23(19)32)17-8-6-7-16(27)11-17/h6-13H,5H2,1-4H3,(H,28,31,33)/b19-10-. The monoisotopic (exact) mass is 467 g/mol. The third-order valence-electron chi connectivity index (χ3n) is 5.88. The molecule has 0 radical (unpaired) electrons. The average molecular weight is 468 g/mol. The molecule has 0 aromatic heterocycles. The number of rotatable bonds is 3. The molecule has 0 aliphatic carbocycles. The van der Waals surface area contributed by atoms with Crippen LogP contribution < -0.4 is 15.1 Å². The molecule has 1 N–H and O–H groups in total. The quantitative estimate of drug-likeness (QED) is 0.499. The molecule has 4 amide bonds. The van der Waals surface area contributed by atoms with E-state index in [1.807, 2.05) is 19.1 Å². The van der Waals surface area contributed by atoms with E-state index < -0.39 is 23.7 Å². The van der Waals surface area contributed by atoms with Gasteiger partial charge in [0.2, 0.25) is 0 Å². The Morgan fingerprint density at radius 2 is 1.88 bits per heavy atom. The fourth-order valence-electron chi connectivity index (χ4n) is 4.47. The van der Waals surface area contributed by atoms with E-state index in [0.717, 1.165) is 34.3 Å². The lowest BCUT2D eigenvalue weighted by Crippen LogP contribution is -2.54. The molecular weight excluding hydrogens is 445 g/mol. The summed E-state index contributed by atoms with van der Waals surface area (Å²) in [7, 11) is 0. The normalized spacial score (nSPS) is 18.9. The van der Waals surface area contributed by atoms with Crippen LogP contribution in [0.15, 0.2) is 48.0 Å². The number of halogens is 2. The van der Waals surface area contributed by atoms with E-state index >= 15 is 0 Å². The van der Waals surface area contributed by atoms with Crippen LogP contribution in [0.3, 0.4) is 0 Å². The summed E-state index contributed by atoms with van der Waals surface area (Å²) in [5.41, 5.74) is 2.97. The lowest BCUT2D eigenvalue weighted by Gasteiger charge is -2.43. The highest BCUT2D eigenvalue weighted by atomic mass is 35.5. The van der Waals surface area contributed by atoms with Crippen LogP contribution in [0, 0.1) is 5.82 Å². The molecular formula is C25H23ClFN3O3. The lowest BCUT2D eigenvalue weighted by molar-refractivity contribution is -0.122. The zero-order valence-corrected chi connectivity index (χ0v) is 19.5. The number of allylic oxidation sites excluding steroid dienone is 1. The van der Waals surface area contributed by atoms with Crippen molar-refractivity contribution in [1.29, 1.82) is 0 Å². The van der Waals surface area contributed by atoms with E-state index in [0.29, 0.717) is 10.6 Å². The number of nitrogens with zero attached hydrogens (tertiary/aromatic N) is 2. The molecule has 8 heteroatoms. The highest BCUT2D eigenvalue weighted by molar-refractivity contribution is 6.40. The molecule has 0 bridgehead atoms. The summed E-state index contributed by atoms with van der Waals surface area (Å²) in [6.45, 7) is 9.08. The van der Waals surface area contributed by atoms with E-state index in [9.17, 15) is 18.8 Å². The van der Waals surface area contributed by atoms with Crippen molar-refractivity contribution in [2.45, 2.75) is 33.2 Å². The number of barbiturate groups is 1. The molecule has 6 nitrogen and oxygen atoms in total. The highest BCUT2D eigenvalue weighted by Crippen LogP contribution is 2.41. The van der Waals surface area contributed by atoms with Gasteiger partial charge in [-0.3, -0.25) is 14.9 Å². The summed E-state index contributed by atoms with van der Waals surface area (Å²) >= 11 is 6.58. The van der Waals surface area contributed by atoms with Crippen LogP contribution in [0.5, 0.6) is 0 Å². The third-order valence-corrected chi connectivity index (χ3v) is 6.21. The van der Waals surface area contributed by atoms with Crippen molar-refractivity contribution in [3.05, 3.63) is 70.0 Å². The Kier molecular flexibility index (Phi) is 5.62. The predicted molar refractivity (Wildman–Crippen MR) is 128 cm³/mol. The largest absolute Gasteiger partial charge is 0.363 e. The maximum Gasteiger partial charge on any atom is 0.335 e. The summed E-state index contributed by atoms with van der Waals surface area (Å²) in [6, 6.07) is 7.75. The number of hydrogen-bond acceptors (Lipinski definition) is 4. The zero-order chi connectivity index (χ0) is 24.1. The van der Waals surface area contributed by atoms with Gasteiger partial charge in [-0.05, 0) is 75.2 Å². The van der Waals surface area contributed by atoms with Crippen LogP contribution >= 0.6 is 11.6 Å². The Labute approximate surface area is 196 Å². The lowest BCUT2D eigenvalue weighted by atomic mass is 9.87. The van der Waals surface area contributed by atoms with Gasteiger partial charge in [-0.2, -0.15) is 0 Å². The Morgan fingerprint density at radius 3 is 2.55 bits per heavy atom. The number of likely N-dealkylation sites (N-methyl/N-ethyl adjacent to an activating group) is 1. The fourth-order valence-corrected chi connectivity index (χ4v) is 4.68. The first kappa shape index (κ1) is 22.7. The molecule has 0 spiro atoms. The number of imide groups is 2. The molecule has 33 heavy (non-hydrogen) atoms. The number of fused-ring (bicyclic) bond motifs is 1. The Hall–Kier alpha value is -3.45. The van der Waals surface area contributed by atoms with Gasteiger partial charge in [-0.25, -0.2) is 14.1 Å². The number of anilines is 2. The second-order valence-electron chi connectivity index (χ2n) is 8.55. The van der Waals surface area contributed by atoms with Crippen molar-refractivity contribution in [2.75, 3.05) is 16.3 Å². The van der Waals surface area contributed by atoms with Crippen LogP contribution in [0.2, 0.25) is 5.02 Å². The summed E-state index contributed by atoms with van der Waals surface area (Å²) in [5, 5.41) is 2.50. The number of carbonyl (C=O) groups is 3. The maximum absolute atomic E-state index is 13.7. The zero-order valence-electron chi connectivity index (χ0n) is 18.7. The molecule has 2 aliphatic rings. The van der Waals surface area contributed by atoms with Gasteiger partial charge in [0, 0.05) is 22.8 Å². The Morgan fingerprint density at radius 1 is 1.15 bits per heavy atom. The topological polar surface area (TPSA) is 69.7 Å². The summed E-state index contributed by atoms with van der Waals surface area (Å²) in [4.78, 5) is 40.9. The Bertz CT molecular complexity index is 1270. The first-order valence-electron chi connectivity index (χ1n) is 10.5.